The Bertz CT molecular complexity index is 347. The van der Waals surface area contributed by atoms with Gasteiger partial charge in [-0.1, -0.05) is 84.5 Å². The highest BCUT2D eigenvalue weighted by Gasteiger charge is 2.20. The van der Waals surface area contributed by atoms with E-state index in [2.05, 4.69) is 20.9 Å². The molecule has 3 nitrogen and oxygen atoms in total. The fraction of sp³-hybridized carbons (Fsp3) is 0.962. The van der Waals surface area contributed by atoms with Crippen LogP contribution >= 0.6 is 0 Å². The van der Waals surface area contributed by atoms with Gasteiger partial charge in [0.05, 0.1) is 26.7 Å². The number of nitrogens with zero attached hydrogens (tertiary/aromatic N) is 1. The number of carbonyl (C=O) groups is 1. The first-order valence-corrected chi connectivity index (χ1v) is 13.1. The van der Waals surface area contributed by atoms with Gasteiger partial charge in [0.25, 0.3) is 0 Å². The Morgan fingerprint density at radius 1 is 0.567 bits per heavy atom. The van der Waals surface area contributed by atoms with Crippen molar-refractivity contribution in [1.82, 2.24) is 0 Å². The highest BCUT2D eigenvalue weighted by Crippen LogP contribution is 2.16. The van der Waals surface area contributed by atoms with Crippen LogP contribution < -0.4 is 17.0 Å². The van der Waals surface area contributed by atoms with Crippen LogP contribution in [0, 0.1) is 0 Å². The summed E-state index contributed by atoms with van der Waals surface area (Å²) in [5.74, 6) is -0.651. The molecule has 0 atom stereocenters. The van der Waals surface area contributed by atoms with Crippen molar-refractivity contribution in [3.63, 3.8) is 0 Å². The third-order valence-corrected chi connectivity index (χ3v) is 6.44. The number of hydrogen-bond acceptors (Lipinski definition) is 1. The molecule has 1 N–H and O–H groups in total. The minimum Gasteiger partial charge on any atom is -1.00 e. The first kappa shape index (κ1) is 32.1. The molecule has 0 heterocycles. The van der Waals surface area contributed by atoms with Crippen molar-refractivity contribution >= 4 is 5.97 Å². The molecule has 0 bridgehead atoms. The molecular formula is C26H54BrNO2. The average Bonchev–Trinajstić information content (AvgIpc) is 2.69. The second kappa shape index (κ2) is 23.6. The van der Waals surface area contributed by atoms with Crippen LogP contribution in [-0.2, 0) is 4.79 Å². The maximum Gasteiger partial charge on any atom is 0.303 e. The topological polar surface area (TPSA) is 37.3 Å². The molecule has 0 aromatic carbocycles. The Kier molecular flexibility index (Phi) is 25.2. The van der Waals surface area contributed by atoms with Gasteiger partial charge in [0.15, 0.2) is 0 Å². The minimum absolute atomic E-state index is 0. The number of halogens is 1. The lowest BCUT2D eigenvalue weighted by molar-refractivity contribution is -0.910. The highest BCUT2D eigenvalue weighted by molar-refractivity contribution is 5.66. The SMILES string of the molecule is CCCCCCCC[N+](C)(CCCCCCCC)CCCCCCCCC(=O)O.[Br-]. The van der Waals surface area contributed by atoms with Crippen LogP contribution in [0.2, 0.25) is 0 Å². The van der Waals surface area contributed by atoms with Gasteiger partial charge < -0.3 is 26.6 Å². The number of unbranched alkanes of at least 4 members (excludes halogenated alkanes) is 15. The van der Waals surface area contributed by atoms with Gasteiger partial charge in [0.1, 0.15) is 0 Å². The number of carboxylic acids is 1. The van der Waals surface area contributed by atoms with Crippen molar-refractivity contribution < 1.29 is 31.4 Å². The first-order valence-electron chi connectivity index (χ1n) is 13.1. The lowest BCUT2D eigenvalue weighted by Crippen LogP contribution is -3.00. The summed E-state index contributed by atoms with van der Waals surface area (Å²) in [5.41, 5.74) is 0. The standard InChI is InChI=1S/C26H53NO2.BrH/c1-4-6-8-10-15-19-23-27(3,24-20-16-11-9-7-5-2)25-21-17-13-12-14-18-22-26(28)29;/h4-25H2,1-3H3;1H. The molecule has 0 fully saturated rings. The van der Waals surface area contributed by atoms with E-state index >= 15 is 0 Å². The summed E-state index contributed by atoms with van der Waals surface area (Å²) in [6.45, 7) is 8.64. The second-order valence-electron chi connectivity index (χ2n) is 9.59. The van der Waals surface area contributed by atoms with Crippen LogP contribution in [0.1, 0.15) is 136 Å². The molecule has 0 unspecified atom stereocenters. The van der Waals surface area contributed by atoms with E-state index in [1.165, 1.54) is 127 Å². The first-order chi connectivity index (χ1) is 14.0. The quantitative estimate of drug-likeness (QED) is 0.162. The van der Waals surface area contributed by atoms with Gasteiger partial charge in [-0.05, 0) is 44.9 Å². The van der Waals surface area contributed by atoms with Crippen molar-refractivity contribution in [3.05, 3.63) is 0 Å². The third kappa shape index (κ3) is 22.6. The maximum absolute atomic E-state index is 10.6. The number of hydrogen-bond donors (Lipinski definition) is 1. The number of aliphatic carboxylic acids is 1. The Morgan fingerprint density at radius 3 is 1.20 bits per heavy atom. The van der Waals surface area contributed by atoms with Crippen molar-refractivity contribution in [2.45, 2.75) is 136 Å². The zero-order valence-corrected chi connectivity index (χ0v) is 22.3. The Labute approximate surface area is 199 Å². The molecule has 0 aliphatic rings. The molecule has 0 amide bonds. The van der Waals surface area contributed by atoms with E-state index in [9.17, 15) is 4.79 Å². The largest absolute Gasteiger partial charge is 1.00 e. The van der Waals surface area contributed by atoms with Crippen LogP contribution in [0.5, 0.6) is 0 Å². The lowest BCUT2D eigenvalue weighted by atomic mass is 10.1. The van der Waals surface area contributed by atoms with Gasteiger partial charge in [0, 0.05) is 6.42 Å². The van der Waals surface area contributed by atoms with E-state index in [0.717, 1.165) is 12.8 Å². The molecule has 30 heavy (non-hydrogen) atoms. The van der Waals surface area contributed by atoms with Gasteiger partial charge in [-0.3, -0.25) is 4.79 Å². The van der Waals surface area contributed by atoms with Gasteiger partial charge in [0.2, 0.25) is 0 Å². The predicted molar refractivity (Wildman–Crippen MR) is 127 cm³/mol. The minimum atomic E-state index is -0.651. The monoisotopic (exact) mass is 491 g/mol. The van der Waals surface area contributed by atoms with Crippen LogP contribution in [0.4, 0.5) is 0 Å². The molecule has 0 aromatic rings. The molecule has 0 radical (unpaired) electrons. The maximum atomic E-state index is 10.6. The fourth-order valence-corrected chi connectivity index (χ4v) is 4.36. The molecule has 0 aliphatic carbocycles. The fourth-order valence-electron chi connectivity index (χ4n) is 4.36. The van der Waals surface area contributed by atoms with Gasteiger partial charge in [-0.15, -0.1) is 0 Å². The van der Waals surface area contributed by atoms with E-state index in [-0.39, 0.29) is 17.0 Å². The van der Waals surface area contributed by atoms with E-state index in [1.54, 1.807) is 0 Å². The molecule has 0 saturated heterocycles. The molecule has 0 aromatic heterocycles. The summed E-state index contributed by atoms with van der Waals surface area (Å²) < 4.78 is 1.28. The molecular weight excluding hydrogens is 438 g/mol. The van der Waals surface area contributed by atoms with Gasteiger partial charge >= 0.3 is 5.97 Å². The number of quaternary nitrogens is 1. The van der Waals surface area contributed by atoms with E-state index in [4.69, 9.17) is 5.11 Å². The summed E-state index contributed by atoms with van der Waals surface area (Å²) >= 11 is 0. The van der Waals surface area contributed by atoms with Crippen LogP contribution in [-0.4, -0.2) is 42.2 Å². The molecule has 4 heteroatoms. The van der Waals surface area contributed by atoms with Crippen LogP contribution in [0.15, 0.2) is 0 Å². The Morgan fingerprint density at radius 2 is 0.867 bits per heavy atom. The highest BCUT2D eigenvalue weighted by atomic mass is 79.9. The third-order valence-electron chi connectivity index (χ3n) is 6.44. The second-order valence-corrected chi connectivity index (χ2v) is 9.59. The van der Waals surface area contributed by atoms with Crippen LogP contribution in [0.25, 0.3) is 0 Å². The smallest absolute Gasteiger partial charge is 0.303 e. The number of carboxylic acid groups (broad SMARTS) is 1. The summed E-state index contributed by atoms with van der Waals surface area (Å²) in [6, 6.07) is 0. The predicted octanol–water partition coefficient (Wildman–Crippen LogP) is 4.97. The lowest BCUT2D eigenvalue weighted by Gasteiger charge is -2.35. The summed E-state index contributed by atoms with van der Waals surface area (Å²) in [4.78, 5) is 10.6. The summed E-state index contributed by atoms with van der Waals surface area (Å²) in [5, 5.41) is 8.70. The van der Waals surface area contributed by atoms with Crippen LogP contribution in [0.3, 0.4) is 0 Å². The van der Waals surface area contributed by atoms with Crippen molar-refractivity contribution in [1.29, 1.82) is 0 Å². The van der Waals surface area contributed by atoms with E-state index in [0.29, 0.717) is 6.42 Å². The summed E-state index contributed by atoms with van der Waals surface area (Å²) in [6.07, 6.45) is 24.1. The van der Waals surface area contributed by atoms with Crippen molar-refractivity contribution in [2.75, 3.05) is 26.7 Å². The van der Waals surface area contributed by atoms with Crippen molar-refractivity contribution in [2.24, 2.45) is 0 Å². The Hall–Kier alpha value is -0.0900. The number of rotatable bonds is 23. The Balaban J connectivity index is 0. The normalized spacial score (nSPS) is 11.4. The molecule has 182 valence electrons. The van der Waals surface area contributed by atoms with E-state index < -0.39 is 5.97 Å². The van der Waals surface area contributed by atoms with Gasteiger partial charge in [-0.25, -0.2) is 0 Å². The molecule has 0 rings (SSSR count). The zero-order valence-electron chi connectivity index (χ0n) is 20.7. The summed E-state index contributed by atoms with van der Waals surface area (Å²) in [7, 11) is 2.50. The zero-order chi connectivity index (χ0) is 21.6. The molecule has 0 spiro atoms. The molecule has 0 aliphatic heterocycles. The molecule has 0 saturated carbocycles. The van der Waals surface area contributed by atoms with E-state index in [1.807, 2.05) is 0 Å². The van der Waals surface area contributed by atoms with Gasteiger partial charge in [-0.2, -0.15) is 0 Å². The average molecular weight is 493 g/mol. The van der Waals surface area contributed by atoms with Crippen molar-refractivity contribution in [3.8, 4) is 0 Å².